The maximum Gasteiger partial charge on any atom is 0.321 e. The molecule has 0 aliphatic heterocycles. The summed E-state index contributed by atoms with van der Waals surface area (Å²) in [6.07, 6.45) is 2.79. The van der Waals surface area contributed by atoms with Gasteiger partial charge in [-0.1, -0.05) is 18.2 Å². The molecule has 1 aliphatic rings. The first-order chi connectivity index (χ1) is 12.6. The van der Waals surface area contributed by atoms with E-state index in [0.717, 1.165) is 24.8 Å². The van der Waals surface area contributed by atoms with Gasteiger partial charge in [0.1, 0.15) is 5.82 Å². The molecular formula is C19H22FN3O2S. The molecule has 0 radical (unpaired) electrons. The number of rotatable bonds is 8. The third kappa shape index (κ3) is 5.93. The SMILES string of the molecule is O=C(CN(Cc1cccc(F)c1)C1CC1)NC(=O)NCCc1cccs1. The van der Waals surface area contributed by atoms with Gasteiger partial charge in [-0.2, -0.15) is 0 Å². The van der Waals surface area contributed by atoms with E-state index in [4.69, 9.17) is 0 Å². The Hall–Kier alpha value is -2.25. The van der Waals surface area contributed by atoms with Gasteiger partial charge in [0.15, 0.2) is 0 Å². The first kappa shape index (κ1) is 18.5. The molecule has 1 fully saturated rings. The monoisotopic (exact) mass is 375 g/mol. The van der Waals surface area contributed by atoms with Crippen LogP contribution in [0, 0.1) is 5.82 Å². The van der Waals surface area contributed by atoms with Crippen LogP contribution in [0.15, 0.2) is 41.8 Å². The molecule has 1 heterocycles. The number of imide groups is 1. The van der Waals surface area contributed by atoms with Crippen molar-refractivity contribution < 1.29 is 14.0 Å². The lowest BCUT2D eigenvalue weighted by Crippen LogP contribution is -2.45. The Morgan fingerprint density at radius 3 is 2.77 bits per heavy atom. The number of amides is 3. The molecule has 2 aromatic rings. The minimum Gasteiger partial charge on any atom is -0.337 e. The molecule has 0 spiro atoms. The van der Waals surface area contributed by atoms with Gasteiger partial charge in [0, 0.05) is 24.0 Å². The molecule has 1 aromatic carbocycles. The normalized spacial score (nSPS) is 13.6. The average Bonchev–Trinajstić information content (AvgIpc) is 3.31. The number of benzene rings is 1. The number of hydrogen-bond acceptors (Lipinski definition) is 4. The van der Waals surface area contributed by atoms with Gasteiger partial charge >= 0.3 is 6.03 Å². The summed E-state index contributed by atoms with van der Waals surface area (Å²) in [5, 5.41) is 7.05. The number of nitrogens with zero attached hydrogens (tertiary/aromatic N) is 1. The van der Waals surface area contributed by atoms with E-state index in [1.165, 1.54) is 17.0 Å². The number of hydrogen-bond donors (Lipinski definition) is 2. The van der Waals surface area contributed by atoms with E-state index in [0.29, 0.717) is 19.1 Å². The van der Waals surface area contributed by atoms with Gasteiger partial charge in [0.05, 0.1) is 6.54 Å². The molecule has 138 valence electrons. The van der Waals surface area contributed by atoms with Crippen molar-refractivity contribution in [3.8, 4) is 0 Å². The maximum absolute atomic E-state index is 13.3. The molecule has 3 amide bonds. The average molecular weight is 375 g/mol. The molecular weight excluding hydrogens is 353 g/mol. The van der Waals surface area contributed by atoms with Gasteiger partial charge in [-0.3, -0.25) is 15.0 Å². The Morgan fingerprint density at radius 2 is 2.08 bits per heavy atom. The van der Waals surface area contributed by atoms with Crippen molar-refractivity contribution in [2.75, 3.05) is 13.1 Å². The Bertz CT molecular complexity index is 747. The number of carbonyl (C=O) groups is 2. The van der Waals surface area contributed by atoms with Gasteiger partial charge in [-0.25, -0.2) is 9.18 Å². The zero-order valence-corrected chi connectivity index (χ0v) is 15.2. The fraction of sp³-hybridized carbons (Fsp3) is 0.368. The van der Waals surface area contributed by atoms with Crippen LogP contribution in [0.4, 0.5) is 9.18 Å². The second kappa shape index (κ2) is 8.91. The van der Waals surface area contributed by atoms with Crippen LogP contribution >= 0.6 is 11.3 Å². The number of nitrogens with one attached hydrogen (secondary N) is 2. The lowest BCUT2D eigenvalue weighted by atomic mass is 10.2. The highest BCUT2D eigenvalue weighted by molar-refractivity contribution is 7.09. The molecule has 0 bridgehead atoms. The lowest BCUT2D eigenvalue weighted by Gasteiger charge is -2.21. The summed E-state index contributed by atoms with van der Waals surface area (Å²) in [4.78, 5) is 27.2. The summed E-state index contributed by atoms with van der Waals surface area (Å²) in [7, 11) is 0. The second-order valence-electron chi connectivity index (χ2n) is 6.40. The molecule has 0 unspecified atom stereocenters. The Kier molecular flexibility index (Phi) is 6.35. The molecule has 2 N–H and O–H groups in total. The van der Waals surface area contributed by atoms with E-state index in [-0.39, 0.29) is 18.3 Å². The highest BCUT2D eigenvalue weighted by Gasteiger charge is 2.30. The molecule has 1 saturated carbocycles. The van der Waals surface area contributed by atoms with E-state index in [1.807, 2.05) is 28.5 Å². The van der Waals surface area contributed by atoms with Crippen LogP contribution in [0.2, 0.25) is 0 Å². The van der Waals surface area contributed by atoms with Crippen molar-refractivity contribution in [3.05, 3.63) is 58.0 Å². The first-order valence-electron chi connectivity index (χ1n) is 8.69. The lowest BCUT2D eigenvalue weighted by molar-refractivity contribution is -0.121. The predicted molar refractivity (Wildman–Crippen MR) is 99.4 cm³/mol. The van der Waals surface area contributed by atoms with E-state index in [9.17, 15) is 14.0 Å². The van der Waals surface area contributed by atoms with E-state index >= 15 is 0 Å². The highest BCUT2D eigenvalue weighted by atomic mass is 32.1. The minimum atomic E-state index is -0.479. The minimum absolute atomic E-state index is 0.125. The summed E-state index contributed by atoms with van der Waals surface area (Å²) in [6.45, 7) is 1.10. The molecule has 7 heteroatoms. The second-order valence-corrected chi connectivity index (χ2v) is 7.43. The van der Waals surface area contributed by atoms with Crippen LogP contribution in [0.25, 0.3) is 0 Å². The van der Waals surface area contributed by atoms with Crippen LogP contribution < -0.4 is 10.6 Å². The van der Waals surface area contributed by atoms with Crippen molar-refractivity contribution in [2.45, 2.75) is 31.8 Å². The van der Waals surface area contributed by atoms with Crippen LogP contribution in [0.3, 0.4) is 0 Å². The van der Waals surface area contributed by atoms with Gasteiger partial charge < -0.3 is 5.32 Å². The molecule has 1 aromatic heterocycles. The summed E-state index contributed by atoms with van der Waals surface area (Å²) in [6, 6.07) is 10.2. The van der Waals surface area contributed by atoms with Crippen molar-refractivity contribution in [2.24, 2.45) is 0 Å². The summed E-state index contributed by atoms with van der Waals surface area (Å²) < 4.78 is 13.3. The van der Waals surface area contributed by atoms with Gasteiger partial charge in [-0.05, 0) is 48.4 Å². The van der Waals surface area contributed by atoms with E-state index < -0.39 is 6.03 Å². The van der Waals surface area contributed by atoms with Gasteiger partial charge in [-0.15, -0.1) is 11.3 Å². The van der Waals surface area contributed by atoms with Crippen molar-refractivity contribution in [1.29, 1.82) is 0 Å². The summed E-state index contributed by atoms with van der Waals surface area (Å²) in [5.41, 5.74) is 0.824. The molecule has 5 nitrogen and oxygen atoms in total. The summed E-state index contributed by atoms with van der Waals surface area (Å²) >= 11 is 1.64. The first-order valence-corrected chi connectivity index (χ1v) is 9.56. The number of urea groups is 1. The zero-order valence-electron chi connectivity index (χ0n) is 14.4. The fourth-order valence-electron chi connectivity index (χ4n) is 2.77. The fourth-order valence-corrected chi connectivity index (χ4v) is 3.48. The largest absolute Gasteiger partial charge is 0.337 e. The van der Waals surface area contributed by atoms with Crippen molar-refractivity contribution in [1.82, 2.24) is 15.5 Å². The van der Waals surface area contributed by atoms with Crippen molar-refractivity contribution >= 4 is 23.3 Å². The quantitative estimate of drug-likeness (QED) is 0.746. The van der Waals surface area contributed by atoms with E-state index in [2.05, 4.69) is 10.6 Å². The Labute approximate surface area is 156 Å². The highest BCUT2D eigenvalue weighted by Crippen LogP contribution is 2.28. The Balaban J connectivity index is 1.43. The number of carbonyl (C=O) groups excluding carboxylic acids is 2. The summed E-state index contributed by atoms with van der Waals surface area (Å²) in [5.74, 6) is -0.630. The zero-order chi connectivity index (χ0) is 18.4. The molecule has 0 saturated heterocycles. The van der Waals surface area contributed by atoms with Gasteiger partial charge in [0.25, 0.3) is 0 Å². The molecule has 0 atom stereocenters. The van der Waals surface area contributed by atoms with Crippen LogP contribution in [-0.4, -0.2) is 36.0 Å². The number of halogens is 1. The van der Waals surface area contributed by atoms with Gasteiger partial charge in [0.2, 0.25) is 5.91 Å². The van der Waals surface area contributed by atoms with Crippen molar-refractivity contribution in [3.63, 3.8) is 0 Å². The molecule has 26 heavy (non-hydrogen) atoms. The standard InChI is InChI=1S/C19H22FN3O2S/c20-15-4-1-3-14(11-15)12-23(16-6-7-16)13-18(24)22-19(25)21-9-8-17-5-2-10-26-17/h1-5,10-11,16H,6-9,12-13H2,(H2,21,22,24,25). The smallest absolute Gasteiger partial charge is 0.321 e. The third-order valence-corrected chi connectivity index (χ3v) is 5.11. The topological polar surface area (TPSA) is 61.4 Å². The van der Waals surface area contributed by atoms with Crippen LogP contribution in [0.5, 0.6) is 0 Å². The van der Waals surface area contributed by atoms with E-state index in [1.54, 1.807) is 17.4 Å². The van der Waals surface area contributed by atoms with Crippen LogP contribution in [-0.2, 0) is 17.8 Å². The molecule has 3 rings (SSSR count). The number of thiophene rings is 1. The molecule has 1 aliphatic carbocycles. The third-order valence-electron chi connectivity index (χ3n) is 4.17. The van der Waals surface area contributed by atoms with Crippen LogP contribution in [0.1, 0.15) is 23.3 Å². The maximum atomic E-state index is 13.3. The predicted octanol–water partition coefficient (Wildman–Crippen LogP) is 2.92. The Morgan fingerprint density at radius 1 is 1.23 bits per heavy atom.